The molecule has 1 saturated carbocycles. The molecule has 3 rings (SSSR count). The molecule has 6 nitrogen and oxygen atoms in total. The second-order valence-corrected chi connectivity index (χ2v) is 7.11. The molecule has 0 aromatic heterocycles. The summed E-state index contributed by atoms with van der Waals surface area (Å²) in [5.41, 5.74) is 10.8. The Morgan fingerprint density at radius 2 is 2.12 bits per heavy atom. The highest BCUT2D eigenvalue weighted by Gasteiger charge is 2.44. The molecule has 0 amide bonds. The molecule has 3 atom stereocenters. The van der Waals surface area contributed by atoms with Crippen LogP contribution in [0.1, 0.15) is 61.4 Å². The van der Waals surface area contributed by atoms with Crippen molar-refractivity contribution in [1.29, 1.82) is 0 Å². The summed E-state index contributed by atoms with van der Waals surface area (Å²) in [6, 6.07) is 5.46. The number of azide groups is 1. The Labute approximate surface area is 147 Å². The SMILES string of the molecule is CCCCCC1CC(=O)CC2Nc3ccc(CN=[N+]=[N-])cc3C(=O)C12. The predicted molar refractivity (Wildman–Crippen MR) is 96.4 cm³/mol. The zero-order valence-corrected chi connectivity index (χ0v) is 14.6. The summed E-state index contributed by atoms with van der Waals surface area (Å²) in [5.74, 6) is 0.394. The van der Waals surface area contributed by atoms with E-state index in [-0.39, 0.29) is 36.0 Å². The quantitative estimate of drug-likeness (QED) is 0.353. The fourth-order valence-corrected chi connectivity index (χ4v) is 4.19. The predicted octanol–water partition coefficient (Wildman–Crippen LogP) is 4.65. The molecule has 3 unspecified atom stereocenters. The van der Waals surface area contributed by atoms with Crippen LogP contribution in [0.2, 0.25) is 0 Å². The van der Waals surface area contributed by atoms with E-state index in [9.17, 15) is 9.59 Å². The van der Waals surface area contributed by atoms with E-state index < -0.39 is 0 Å². The number of ketones is 2. The van der Waals surface area contributed by atoms with Gasteiger partial charge < -0.3 is 5.32 Å². The lowest BCUT2D eigenvalue weighted by Gasteiger charge is -2.41. The zero-order chi connectivity index (χ0) is 17.8. The van der Waals surface area contributed by atoms with Gasteiger partial charge in [-0.15, -0.1) is 0 Å². The van der Waals surface area contributed by atoms with Gasteiger partial charge in [-0.2, -0.15) is 0 Å². The minimum atomic E-state index is -0.128. The molecule has 1 aliphatic heterocycles. The second-order valence-electron chi connectivity index (χ2n) is 7.11. The standard InChI is InChI=1S/C19H24N4O2/c1-2-3-4-5-13-9-14(24)10-17-18(13)19(25)15-8-12(11-21-23-20)6-7-16(15)22-17/h6-8,13,17-18,22H,2-5,9-11H2,1H3. The van der Waals surface area contributed by atoms with E-state index in [1.807, 2.05) is 18.2 Å². The number of carbonyl (C=O) groups is 2. The van der Waals surface area contributed by atoms with Crippen LogP contribution in [0.3, 0.4) is 0 Å². The van der Waals surface area contributed by atoms with E-state index in [0.29, 0.717) is 18.4 Å². The van der Waals surface area contributed by atoms with Crippen LogP contribution >= 0.6 is 0 Å². The molecule has 6 heteroatoms. The van der Waals surface area contributed by atoms with Gasteiger partial charge in [0.2, 0.25) is 0 Å². The summed E-state index contributed by atoms with van der Waals surface area (Å²) >= 11 is 0. The number of hydrogen-bond donors (Lipinski definition) is 1. The van der Waals surface area contributed by atoms with Crippen molar-refractivity contribution in [2.24, 2.45) is 17.0 Å². The summed E-state index contributed by atoms with van der Waals surface area (Å²) in [7, 11) is 0. The maximum absolute atomic E-state index is 13.2. The number of Topliss-reactive ketones (excluding diaryl/α,β-unsaturated/α-hetero) is 2. The monoisotopic (exact) mass is 340 g/mol. The molecule has 1 aliphatic carbocycles. The van der Waals surface area contributed by atoms with Crippen molar-refractivity contribution < 1.29 is 9.59 Å². The van der Waals surface area contributed by atoms with Crippen molar-refractivity contribution in [2.45, 2.75) is 58.0 Å². The Balaban J connectivity index is 1.87. The van der Waals surface area contributed by atoms with Crippen LogP contribution in [0.25, 0.3) is 10.4 Å². The highest BCUT2D eigenvalue weighted by atomic mass is 16.1. The molecule has 2 aliphatic rings. The third kappa shape index (κ3) is 3.69. The van der Waals surface area contributed by atoms with Gasteiger partial charge in [0.1, 0.15) is 5.78 Å². The highest BCUT2D eigenvalue weighted by Crippen LogP contribution is 2.41. The molecule has 0 bridgehead atoms. The number of unbranched alkanes of at least 4 members (excludes halogenated alkanes) is 2. The lowest BCUT2D eigenvalue weighted by Crippen LogP contribution is -2.48. The van der Waals surface area contributed by atoms with Crippen LogP contribution in [0.4, 0.5) is 5.69 Å². The van der Waals surface area contributed by atoms with Crippen LogP contribution < -0.4 is 5.32 Å². The van der Waals surface area contributed by atoms with Gasteiger partial charge in [0.15, 0.2) is 5.78 Å². The number of carbonyl (C=O) groups excluding carboxylic acids is 2. The normalized spacial score (nSPS) is 24.8. The molecule has 1 fully saturated rings. The molecular formula is C19H24N4O2. The Hall–Kier alpha value is -2.33. The van der Waals surface area contributed by atoms with Crippen molar-refractivity contribution in [3.63, 3.8) is 0 Å². The minimum absolute atomic E-state index is 0.0872. The van der Waals surface area contributed by atoms with Gasteiger partial charge >= 0.3 is 0 Å². The third-order valence-corrected chi connectivity index (χ3v) is 5.37. The minimum Gasteiger partial charge on any atom is -0.381 e. The van der Waals surface area contributed by atoms with Crippen LogP contribution in [0.5, 0.6) is 0 Å². The number of rotatable bonds is 6. The van der Waals surface area contributed by atoms with Gasteiger partial charge in [-0.05, 0) is 35.6 Å². The number of nitrogens with zero attached hydrogens (tertiary/aromatic N) is 3. The first-order chi connectivity index (χ1) is 12.1. The lowest BCUT2D eigenvalue weighted by atomic mass is 9.68. The topological polar surface area (TPSA) is 94.9 Å². The summed E-state index contributed by atoms with van der Waals surface area (Å²) in [6.45, 7) is 2.40. The smallest absolute Gasteiger partial charge is 0.170 e. The van der Waals surface area contributed by atoms with Crippen molar-refractivity contribution in [2.75, 3.05) is 5.32 Å². The molecule has 0 saturated heterocycles. The maximum atomic E-state index is 13.2. The van der Waals surface area contributed by atoms with Gasteiger partial charge in [-0.3, -0.25) is 9.59 Å². The summed E-state index contributed by atoms with van der Waals surface area (Å²) in [4.78, 5) is 28.1. The Morgan fingerprint density at radius 1 is 1.28 bits per heavy atom. The number of benzene rings is 1. The molecule has 0 spiro atoms. The zero-order valence-electron chi connectivity index (χ0n) is 14.6. The van der Waals surface area contributed by atoms with Gasteiger partial charge in [-0.1, -0.05) is 37.4 Å². The van der Waals surface area contributed by atoms with Gasteiger partial charge in [0.25, 0.3) is 0 Å². The first kappa shape index (κ1) is 17.5. The van der Waals surface area contributed by atoms with E-state index in [1.54, 1.807) is 0 Å². The van der Waals surface area contributed by atoms with Crippen molar-refractivity contribution in [1.82, 2.24) is 0 Å². The number of nitrogens with one attached hydrogen (secondary N) is 1. The van der Waals surface area contributed by atoms with E-state index in [1.165, 1.54) is 0 Å². The van der Waals surface area contributed by atoms with Gasteiger partial charge in [0.05, 0.1) is 6.54 Å². The first-order valence-electron chi connectivity index (χ1n) is 9.10. The Kier molecular flexibility index (Phi) is 5.39. The molecule has 132 valence electrons. The molecule has 1 aromatic carbocycles. The van der Waals surface area contributed by atoms with Crippen molar-refractivity contribution in [3.8, 4) is 0 Å². The fraction of sp³-hybridized carbons (Fsp3) is 0.579. The number of hydrogen-bond acceptors (Lipinski definition) is 4. The van der Waals surface area contributed by atoms with E-state index >= 15 is 0 Å². The second kappa shape index (κ2) is 7.70. The molecule has 1 N–H and O–H groups in total. The molecular weight excluding hydrogens is 316 g/mol. The molecule has 0 radical (unpaired) electrons. The lowest BCUT2D eigenvalue weighted by molar-refractivity contribution is -0.122. The van der Waals surface area contributed by atoms with Gasteiger partial charge in [0, 0.05) is 41.0 Å². The first-order valence-corrected chi connectivity index (χ1v) is 9.10. The van der Waals surface area contributed by atoms with E-state index in [0.717, 1.165) is 36.9 Å². The summed E-state index contributed by atoms with van der Waals surface area (Å²) < 4.78 is 0. The Morgan fingerprint density at radius 3 is 2.88 bits per heavy atom. The van der Waals surface area contributed by atoms with Crippen LogP contribution in [0.15, 0.2) is 23.3 Å². The van der Waals surface area contributed by atoms with Crippen LogP contribution in [-0.4, -0.2) is 17.6 Å². The molecule has 1 aromatic rings. The fourth-order valence-electron chi connectivity index (χ4n) is 4.19. The van der Waals surface area contributed by atoms with E-state index in [2.05, 4.69) is 22.3 Å². The maximum Gasteiger partial charge on any atom is 0.170 e. The highest BCUT2D eigenvalue weighted by molar-refractivity contribution is 6.06. The van der Waals surface area contributed by atoms with E-state index in [4.69, 9.17) is 5.53 Å². The average Bonchev–Trinajstić information content (AvgIpc) is 2.60. The average molecular weight is 340 g/mol. The largest absolute Gasteiger partial charge is 0.381 e. The van der Waals surface area contributed by atoms with Crippen LogP contribution in [0, 0.1) is 11.8 Å². The van der Waals surface area contributed by atoms with Gasteiger partial charge in [-0.25, -0.2) is 0 Å². The van der Waals surface area contributed by atoms with Crippen molar-refractivity contribution in [3.05, 3.63) is 39.8 Å². The number of anilines is 1. The molecule has 1 heterocycles. The van der Waals surface area contributed by atoms with Crippen LogP contribution in [-0.2, 0) is 11.3 Å². The van der Waals surface area contributed by atoms with Crippen molar-refractivity contribution >= 4 is 17.3 Å². The summed E-state index contributed by atoms with van der Waals surface area (Å²) in [5, 5.41) is 6.99. The summed E-state index contributed by atoms with van der Waals surface area (Å²) in [6.07, 6.45) is 5.21. The number of fused-ring (bicyclic) bond motifs is 2. The molecule has 25 heavy (non-hydrogen) atoms. The third-order valence-electron chi connectivity index (χ3n) is 5.37. The Bertz CT molecular complexity index is 724.